The normalized spacial score (nSPS) is 13.8. The van der Waals surface area contributed by atoms with Crippen LogP contribution in [0.15, 0.2) is 29.2 Å². The molecule has 1 aromatic carbocycles. The Morgan fingerprint density at radius 3 is 2.15 bits per heavy atom. The molecule has 0 saturated heterocycles. The van der Waals surface area contributed by atoms with Crippen molar-refractivity contribution < 1.29 is 13.2 Å². The average Bonchev–Trinajstić information content (AvgIpc) is 2.33. The maximum Gasteiger partial charge on any atom is 0.237 e. The third-order valence-electron chi connectivity index (χ3n) is 3.03. The lowest BCUT2D eigenvalue weighted by atomic mass is 9.87. The number of benzene rings is 1. The summed E-state index contributed by atoms with van der Waals surface area (Å²) in [5, 5.41) is 2.75. The van der Waals surface area contributed by atoms with Crippen LogP contribution in [0, 0.1) is 5.41 Å². The minimum atomic E-state index is -3.19. The van der Waals surface area contributed by atoms with Crippen molar-refractivity contribution in [3.63, 3.8) is 0 Å². The van der Waals surface area contributed by atoms with Gasteiger partial charge in [0, 0.05) is 12.8 Å². The predicted molar refractivity (Wildman–Crippen MR) is 78.8 cm³/mol. The van der Waals surface area contributed by atoms with Gasteiger partial charge in [0.25, 0.3) is 0 Å². The summed E-state index contributed by atoms with van der Waals surface area (Å²) in [5.41, 5.74) is 6.37. The SMILES string of the molecule is CC(C)(C)[C@H](N)C(=O)NCc1ccc(S(C)(=O)=O)cc1. The van der Waals surface area contributed by atoms with Crippen molar-refractivity contribution in [2.45, 2.75) is 38.3 Å². The zero-order chi connectivity index (χ0) is 15.6. The van der Waals surface area contributed by atoms with Crippen LogP contribution in [0.5, 0.6) is 0 Å². The van der Waals surface area contributed by atoms with E-state index in [9.17, 15) is 13.2 Å². The Morgan fingerprint density at radius 2 is 1.75 bits per heavy atom. The molecule has 112 valence electrons. The zero-order valence-electron chi connectivity index (χ0n) is 12.3. The molecule has 0 aliphatic carbocycles. The second-order valence-corrected chi connectivity index (χ2v) is 7.99. The van der Waals surface area contributed by atoms with Crippen LogP contribution in [0.4, 0.5) is 0 Å². The smallest absolute Gasteiger partial charge is 0.237 e. The molecular formula is C14H22N2O3S. The third-order valence-corrected chi connectivity index (χ3v) is 4.16. The molecule has 0 aliphatic rings. The maximum atomic E-state index is 11.9. The van der Waals surface area contributed by atoms with E-state index in [2.05, 4.69) is 5.32 Å². The molecule has 3 N–H and O–H groups in total. The highest BCUT2D eigenvalue weighted by molar-refractivity contribution is 7.90. The molecule has 0 aliphatic heterocycles. The minimum absolute atomic E-state index is 0.218. The van der Waals surface area contributed by atoms with E-state index in [0.29, 0.717) is 6.54 Å². The van der Waals surface area contributed by atoms with Gasteiger partial charge < -0.3 is 11.1 Å². The van der Waals surface area contributed by atoms with E-state index in [-0.39, 0.29) is 16.2 Å². The summed E-state index contributed by atoms with van der Waals surface area (Å²) >= 11 is 0. The predicted octanol–water partition coefficient (Wildman–Crippen LogP) is 1.08. The van der Waals surface area contributed by atoms with E-state index in [1.165, 1.54) is 12.1 Å². The van der Waals surface area contributed by atoms with Crippen molar-refractivity contribution >= 4 is 15.7 Å². The third kappa shape index (κ3) is 4.61. The lowest BCUT2D eigenvalue weighted by Crippen LogP contribution is -2.48. The summed E-state index contributed by atoms with van der Waals surface area (Å²) in [5.74, 6) is -0.218. The maximum absolute atomic E-state index is 11.9. The summed E-state index contributed by atoms with van der Waals surface area (Å²) in [6.07, 6.45) is 1.16. The van der Waals surface area contributed by atoms with Crippen LogP contribution in [-0.4, -0.2) is 26.6 Å². The van der Waals surface area contributed by atoms with E-state index < -0.39 is 15.9 Å². The molecule has 0 heterocycles. The van der Waals surface area contributed by atoms with E-state index in [1.807, 2.05) is 20.8 Å². The van der Waals surface area contributed by atoms with Gasteiger partial charge in [-0.2, -0.15) is 0 Å². The van der Waals surface area contributed by atoms with Gasteiger partial charge in [-0.15, -0.1) is 0 Å². The number of nitrogens with one attached hydrogen (secondary N) is 1. The summed E-state index contributed by atoms with van der Waals surface area (Å²) in [4.78, 5) is 12.1. The molecule has 0 aromatic heterocycles. The molecule has 20 heavy (non-hydrogen) atoms. The van der Waals surface area contributed by atoms with Crippen molar-refractivity contribution in [1.82, 2.24) is 5.32 Å². The lowest BCUT2D eigenvalue weighted by molar-refractivity contribution is -0.124. The number of hydrogen-bond acceptors (Lipinski definition) is 4. The van der Waals surface area contributed by atoms with E-state index in [1.54, 1.807) is 12.1 Å². The number of amides is 1. The molecule has 0 unspecified atom stereocenters. The van der Waals surface area contributed by atoms with Crippen LogP contribution in [0.1, 0.15) is 26.3 Å². The summed E-state index contributed by atoms with van der Waals surface area (Å²) in [6, 6.07) is 5.83. The molecule has 0 fully saturated rings. The number of sulfone groups is 1. The Kier molecular flexibility index (Phi) is 4.94. The fourth-order valence-corrected chi connectivity index (χ4v) is 2.18. The number of hydrogen-bond donors (Lipinski definition) is 2. The highest BCUT2D eigenvalue weighted by Gasteiger charge is 2.27. The molecule has 1 atom stereocenters. The fraction of sp³-hybridized carbons (Fsp3) is 0.500. The first kappa shape index (κ1) is 16.7. The molecule has 6 heteroatoms. The van der Waals surface area contributed by atoms with Crippen molar-refractivity contribution in [3.8, 4) is 0 Å². The first-order valence-corrected chi connectivity index (χ1v) is 8.23. The van der Waals surface area contributed by atoms with Crippen molar-refractivity contribution in [2.75, 3.05) is 6.26 Å². The topological polar surface area (TPSA) is 89.3 Å². The fourth-order valence-electron chi connectivity index (χ4n) is 1.55. The first-order valence-electron chi connectivity index (χ1n) is 6.34. The van der Waals surface area contributed by atoms with Gasteiger partial charge >= 0.3 is 0 Å². The van der Waals surface area contributed by atoms with Crippen molar-refractivity contribution in [1.29, 1.82) is 0 Å². The Labute approximate surface area is 120 Å². The van der Waals surface area contributed by atoms with Crippen molar-refractivity contribution in [3.05, 3.63) is 29.8 Å². The quantitative estimate of drug-likeness (QED) is 0.870. The van der Waals surface area contributed by atoms with Crippen LogP contribution < -0.4 is 11.1 Å². The molecule has 1 aromatic rings. The standard InChI is InChI=1S/C14H22N2O3S/c1-14(2,3)12(15)13(17)16-9-10-5-7-11(8-6-10)20(4,18)19/h5-8,12H,9,15H2,1-4H3,(H,16,17)/t12-/m1/s1. The van der Waals surface area contributed by atoms with Crippen LogP contribution in [0.3, 0.4) is 0 Å². The Hall–Kier alpha value is -1.40. The Bertz CT molecular complexity index is 571. The van der Waals surface area contributed by atoms with E-state index in [4.69, 9.17) is 5.73 Å². The van der Waals surface area contributed by atoms with E-state index >= 15 is 0 Å². The molecule has 0 radical (unpaired) electrons. The van der Waals surface area contributed by atoms with Gasteiger partial charge in [0.1, 0.15) is 0 Å². The average molecular weight is 298 g/mol. The number of carbonyl (C=O) groups is 1. The highest BCUT2D eigenvalue weighted by atomic mass is 32.2. The van der Waals surface area contributed by atoms with E-state index in [0.717, 1.165) is 11.8 Å². The van der Waals surface area contributed by atoms with Gasteiger partial charge in [-0.25, -0.2) is 8.42 Å². The van der Waals surface area contributed by atoms with Gasteiger partial charge in [0.05, 0.1) is 10.9 Å². The largest absolute Gasteiger partial charge is 0.351 e. The molecule has 1 rings (SSSR count). The Morgan fingerprint density at radius 1 is 1.25 bits per heavy atom. The van der Waals surface area contributed by atoms with Crippen LogP contribution in [0.25, 0.3) is 0 Å². The van der Waals surface area contributed by atoms with Gasteiger partial charge in [-0.1, -0.05) is 32.9 Å². The molecule has 5 nitrogen and oxygen atoms in total. The second kappa shape index (κ2) is 5.93. The first-order chi connectivity index (χ1) is 9.01. The van der Waals surface area contributed by atoms with Gasteiger partial charge in [-0.05, 0) is 23.1 Å². The molecule has 0 saturated carbocycles. The van der Waals surface area contributed by atoms with Crippen LogP contribution in [0.2, 0.25) is 0 Å². The molecular weight excluding hydrogens is 276 g/mol. The molecule has 0 bridgehead atoms. The molecule has 1 amide bonds. The number of carbonyl (C=O) groups excluding carboxylic acids is 1. The number of rotatable bonds is 4. The van der Waals surface area contributed by atoms with Crippen LogP contribution >= 0.6 is 0 Å². The van der Waals surface area contributed by atoms with Crippen LogP contribution in [-0.2, 0) is 21.2 Å². The lowest BCUT2D eigenvalue weighted by Gasteiger charge is -2.25. The van der Waals surface area contributed by atoms with Gasteiger partial charge in [0.15, 0.2) is 9.84 Å². The van der Waals surface area contributed by atoms with Gasteiger partial charge in [0.2, 0.25) is 5.91 Å². The second-order valence-electron chi connectivity index (χ2n) is 5.98. The summed E-state index contributed by atoms with van der Waals surface area (Å²) in [7, 11) is -3.19. The highest BCUT2D eigenvalue weighted by Crippen LogP contribution is 2.17. The minimum Gasteiger partial charge on any atom is -0.351 e. The van der Waals surface area contributed by atoms with Gasteiger partial charge in [-0.3, -0.25) is 4.79 Å². The number of nitrogens with two attached hydrogens (primary N) is 1. The molecule has 0 spiro atoms. The van der Waals surface area contributed by atoms with Crippen molar-refractivity contribution in [2.24, 2.45) is 11.1 Å². The Balaban J connectivity index is 2.66. The summed E-state index contributed by atoms with van der Waals surface area (Å²) in [6.45, 7) is 6.03. The zero-order valence-corrected chi connectivity index (χ0v) is 13.1. The summed E-state index contributed by atoms with van der Waals surface area (Å²) < 4.78 is 22.6. The monoisotopic (exact) mass is 298 g/mol.